The Bertz CT molecular complexity index is 195. The van der Waals surface area contributed by atoms with Gasteiger partial charge >= 0.3 is 0 Å². The Hall–Kier alpha value is -0.570. The van der Waals surface area contributed by atoms with E-state index < -0.39 is 0 Å². The standard InChI is InChI=1S/C14H30N2O/c1-4-7-10-13(9-6-3)16-14(17)12(11-15)8-5-2/h12-13H,4-11,15H2,1-3H3,(H,16,17). The number of hydrogen-bond donors (Lipinski definition) is 2. The molecule has 1 amide bonds. The van der Waals surface area contributed by atoms with Crippen molar-refractivity contribution in [2.45, 2.75) is 71.8 Å². The summed E-state index contributed by atoms with van der Waals surface area (Å²) in [6, 6.07) is 0.346. The lowest BCUT2D eigenvalue weighted by molar-refractivity contribution is -0.125. The Morgan fingerprint density at radius 1 is 1.06 bits per heavy atom. The molecule has 3 nitrogen and oxygen atoms in total. The second-order valence-corrected chi connectivity index (χ2v) is 4.86. The first kappa shape index (κ1) is 16.4. The normalized spacial score (nSPS) is 14.4. The van der Waals surface area contributed by atoms with Crippen molar-refractivity contribution in [3.63, 3.8) is 0 Å². The maximum Gasteiger partial charge on any atom is 0.224 e. The molecule has 0 rings (SSSR count). The van der Waals surface area contributed by atoms with E-state index in [1.54, 1.807) is 0 Å². The third-order valence-electron chi connectivity index (χ3n) is 3.18. The first-order valence-corrected chi connectivity index (χ1v) is 7.19. The molecule has 0 aliphatic rings. The molecular formula is C14H30N2O. The van der Waals surface area contributed by atoms with Gasteiger partial charge in [0, 0.05) is 12.6 Å². The Labute approximate surface area is 107 Å². The molecule has 0 aromatic carbocycles. The molecule has 0 bridgehead atoms. The number of rotatable bonds is 10. The summed E-state index contributed by atoms with van der Waals surface area (Å²) in [5.41, 5.74) is 5.65. The van der Waals surface area contributed by atoms with E-state index >= 15 is 0 Å². The highest BCUT2D eigenvalue weighted by Crippen LogP contribution is 2.10. The van der Waals surface area contributed by atoms with Crippen LogP contribution < -0.4 is 11.1 Å². The molecule has 0 heterocycles. The van der Waals surface area contributed by atoms with Gasteiger partial charge in [-0.2, -0.15) is 0 Å². The van der Waals surface area contributed by atoms with Crippen LogP contribution in [0.3, 0.4) is 0 Å². The first-order chi connectivity index (χ1) is 8.19. The van der Waals surface area contributed by atoms with E-state index in [4.69, 9.17) is 5.73 Å². The van der Waals surface area contributed by atoms with Crippen molar-refractivity contribution in [2.75, 3.05) is 6.54 Å². The molecule has 2 unspecified atom stereocenters. The van der Waals surface area contributed by atoms with Gasteiger partial charge in [-0.25, -0.2) is 0 Å². The summed E-state index contributed by atoms with van der Waals surface area (Å²) >= 11 is 0. The Kier molecular flexibility index (Phi) is 10.2. The third-order valence-corrected chi connectivity index (χ3v) is 3.18. The molecule has 0 radical (unpaired) electrons. The molecule has 2 atom stereocenters. The number of carbonyl (C=O) groups is 1. The van der Waals surface area contributed by atoms with Gasteiger partial charge in [-0.15, -0.1) is 0 Å². The van der Waals surface area contributed by atoms with Crippen LogP contribution in [0, 0.1) is 5.92 Å². The zero-order valence-electron chi connectivity index (χ0n) is 11.8. The van der Waals surface area contributed by atoms with Gasteiger partial charge < -0.3 is 11.1 Å². The van der Waals surface area contributed by atoms with Crippen LogP contribution >= 0.6 is 0 Å². The molecule has 0 aromatic heterocycles. The van der Waals surface area contributed by atoms with Crippen LogP contribution in [0.4, 0.5) is 0 Å². The van der Waals surface area contributed by atoms with Crippen molar-refractivity contribution in [3.8, 4) is 0 Å². The zero-order chi connectivity index (χ0) is 13.1. The highest BCUT2D eigenvalue weighted by Gasteiger charge is 2.18. The van der Waals surface area contributed by atoms with Crippen LogP contribution in [-0.4, -0.2) is 18.5 Å². The van der Waals surface area contributed by atoms with E-state index in [0.29, 0.717) is 12.6 Å². The van der Waals surface area contributed by atoms with Crippen molar-refractivity contribution >= 4 is 5.91 Å². The summed E-state index contributed by atoms with van der Waals surface area (Å²) in [5.74, 6) is 0.157. The van der Waals surface area contributed by atoms with Gasteiger partial charge in [0.05, 0.1) is 5.92 Å². The van der Waals surface area contributed by atoms with E-state index in [0.717, 1.165) is 32.1 Å². The molecule has 0 aromatic rings. The molecule has 0 aliphatic heterocycles. The summed E-state index contributed by atoms with van der Waals surface area (Å²) in [6.45, 7) is 6.91. The van der Waals surface area contributed by atoms with Crippen LogP contribution in [-0.2, 0) is 4.79 Å². The van der Waals surface area contributed by atoms with Gasteiger partial charge in [0.15, 0.2) is 0 Å². The van der Waals surface area contributed by atoms with Gasteiger partial charge in [0.1, 0.15) is 0 Å². The second-order valence-electron chi connectivity index (χ2n) is 4.86. The van der Waals surface area contributed by atoms with Crippen molar-refractivity contribution in [2.24, 2.45) is 11.7 Å². The van der Waals surface area contributed by atoms with Crippen molar-refractivity contribution < 1.29 is 4.79 Å². The molecule has 0 spiro atoms. The van der Waals surface area contributed by atoms with E-state index in [1.165, 1.54) is 12.8 Å². The van der Waals surface area contributed by atoms with Crippen molar-refractivity contribution in [1.82, 2.24) is 5.32 Å². The molecule has 3 heteroatoms. The van der Waals surface area contributed by atoms with Gasteiger partial charge in [-0.1, -0.05) is 46.5 Å². The largest absolute Gasteiger partial charge is 0.353 e. The molecule has 0 fully saturated rings. The smallest absolute Gasteiger partial charge is 0.224 e. The van der Waals surface area contributed by atoms with Gasteiger partial charge in [-0.3, -0.25) is 4.79 Å². The number of amides is 1. The second kappa shape index (κ2) is 10.6. The van der Waals surface area contributed by atoms with Crippen molar-refractivity contribution in [1.29, 1.82) is 0 Å². The summed E-state index contributed by atoms with van der Waals surface area (Å²) in [6.07, 6.45) is 7.58. The summed E-state index contributed by atoms with van der Waals surface area (Å²) in [5, 5.41) is 3.17. The number of unbranched alkanes of at least 4 members (excludes halogenated alkanes) is 1. The predicted molar refractivity (Wildman–Crippen MR) is 73.8 cm³/mol. The molecule has 0 saturated carbocycles. The van der Waals surface area contributed by atoms with Crippen LogP contribution in [0.2, 0.25) is 0 Å². The molecule has 3 N–H and O–H groups in total. The Morgan fingerprint density at radius 3 is 2.18 bits per heavy atom. The lowest BCUT2D eigenvalue weighted by Gasteiger charge is -2.21. The zero-order valence-corrected chi connectivity index (χ0v) is 11.8. The monoisotopic (exact) mass is 242 g/mol. The lowest BCUT2D eigenvalue weighted by atomic mass is 10.00. The third kappa shape index (κ3) is 7.37. The average molecular weight is 242 g/mol. The minimum atomic E-state index is 0.000910. The minimum absolute atomic E-state index is 0.000910. The summed E-state index contributed by atoms with van der Waals surface area (Å²) in [7, 11) is 0. The van der Waals surface area contributed by atoms with Gasteiger partial charge in [0.25, 0.3) is 0 Å². The van der Waals surface area contributed by atoms with Crippen LogP contribution in [0.5, 0.6) is 0 Å². The fourth-order valence-corrected chi connectivity index (χ4v) is 2.11. The predicted octanol–water partition coefficient (Wildman–Crippen LogP) is 2.84. The van der Waals surface area contributed by atoms with E-state index in [1.807, 2.05) is 0 Å². The maximum atomic E-state index is 12.0. The topological polar surface area (TPSA) is 55.1 Å². The lowest BCUT2D eigenvalue weighted by Crippen LogP contribution is -2.41. The number of carbonyl (C=O) groups excluding carboxylic acids is 1. The number of nitrogens with one attached hydrogen (secondary N) is 1. The van der Waals surface area contributed by atoms with E-state index in [2.05, 4.69) is 26.1 Å². The van der Waals surface area contributed by atoms with Crippen LogP contribution in [0.25, 0.3) is 0 Å². The van der Waals surface area contributed by atoms with Gasteiger partial charge in [0.2, 0.25) is 5.91 Å². The molecule has 0 aliphatic carbocycles. The average Bonchev–Trinajstić information content (AvgIpc) is 2.33. The Balaban J connectivity index is 4.16. The molecular weight excluding hydrogens is 212 g/mol. The maximum absolute atomic E-state index is 12.0. The fourth-order valence-electron chi connectivity index (χ4n) is 2.11. The summed E-state index contributed by atoms with van der Waals surface area (Å²) in [4.78, 5) is 12.0. The van der Waals surface area contributed by atoms with Crippen LogP contribution in [0.15, 0.2) is 0 Å². The first-order valence-electron chi connectivity index (χ1n) is 7.19. The van der Waals surface area contributed by atoms with Gasteiger partial charge in [-0.05, 0) is 19.3 Å². The number of hydrogen-bond acceptors (Lipinski definition) is 2. The highest BCUT2D eigenvalue weighted by atomic mass is 16.1. The molecule has 102 valence electrons. The summed E-state index contributed by atoms with van der Waals surface area (Å²) < 4.78 is 0. The highest BCUT2D eigenvalue weighted by molar-refractivity contribution is 5.79. The Morgan fingerprint density at radius 2 is 1.71 bits per heavy atom. The minimum Gasteiger partial charge on any atom is -0.353 e. The van der Waals surface area contributed by atoms with Crippen molar-refractivity contribution in [3.05, 3.63) is 0 Å². The number of nitrogens with two attached hydrogens (primary N) is 1. The van der Waals surface area contributed by atoms with E-state index in [9.17, 15) is 4.79 Å². The molecule has 17 heavy (non-hydrogen) atoms. The molecule has 0 saturated heterocycles. The SMILES string of the molecule is CCCCC(CCC)NC(=O)C(CN)CCC. The van der Waals surface area contributed by atoms with Crippen LogP contribution in [0.1, 0.15) is 65.7 Å². The van der Waals surface area contributed by atoms with E-state index in [-0.39, 0.29) is 11.8 Å². The fraction of sp³-hybridized carbons (Fsp3) is 0.929. The quantitative estimate of drug-likeness (QED) is 0.619.